The van der Waals surface area contributed by atoms with Gasteiger partial charge in [-0.25, -0.2) is 0 Å². The van der Waals surface area contributed by atoms with Gasteiger partial charge in [0.15, 0.2) is 11.5 Å². The van der Waals surface area contributed by atoms with Crippen molar-refractivity contribution in [3.05, 3.63) is 22.2 Å². The van der Waals surface area contributed by atoms with Crippen LogP contribution in [-0.2, 0) is 6.54 Å². The minimum Gasteiger partial charge on any atom is -0.486 e. The number of fused-ring (bicyclic) bond motifs is 2. The Kier molecular flexibility index (Phi) is 3.36. The van der Waals surface area contributed by atoms with E-state index in [1.54, 1.807) is 0 Å². The lowest BCUT2D eigenvalue weighted by Gasteiger charge is -2.22. The average Bonchev–Trinajstić information content (AvgIpc) is 3.00. The number of nitrogens with one attached hydrogen (secondary N) is 1. The molecular formula is C15H19BrN2O2. The molecule has 5 heteroatoms. The Hall–Kier alpha value is -0.780. The van der Waals surface area contributed by atoms with Gasteiger partial charge in [-0.15, -0.1) is 0 Å². The molecule has 3 aliphatic rings. The summed E-state index contributed by atoms with van der Waals surface area (Å²) in [7, 11) is 0. The van der Waals surface area contributed by atoms with E-state index in [-0.39, 0.29) is 0 Å². The zero-order chi connectivity index (χ0) is 13.5. The maximum Gasteiger partial charge on any atom is 0.162 e. The molecule has 2 fully saturated rings. The van der Waals surface area contributed by atoms with Gasteiger partial charge in [-0.3, -0.25) is 4.90 Å². The van der Waals surface area contributed by atoms with Gasteiger partial charge < -0.3 is 14.8 Å². The van der Waals surface area contributed by atoms with Crippen molar-refractivity contribution >= 4 is 15.9 Å². The van der Waals surface area contributed by atoms with Crippen LogP contribution in [0.25, 0.3) is 0 Å². The average molecular weight is 339 g/mol. The number of rotatable bonds is 2. The molecule has 0 radical (unpaired) electrons. The van der Waals surface area contributed by atoms with E-state index in [1.807, 2.05) is 6.07 Å². The predicted molar refractivity (Wildman–Crippen MR) is 80.3 cm³/mol. The minimum atomic E-state index is 0.640. The van der Waals surface area contributed by atoms with E-state index < -0.39 is 0 Å². The third kappa shape index (κ3) is 2.32. The van der Waals surface area contributed by atoms with E-state index in [4.69, 9.17) is 9.47 Å². The number of halogens is 1. The first-order valence-electron chi connectivity index (χ1n) is 7.30. The smallest absolute Gasteiger partial charge is 0.162 e. The first-order chi connectivity index (χ1) is 9.79. The van der Waals surface area contributed by atoms with E-state index in [0.717, 1.165) is 34.4 Å². The number of hydrogen-bond donors (Lipinski definition) is 1. The van der Waals surface area contributed by atoms with Crippen molar-refractivity contribution in [3.63, 3.8) is 0 Å². The second-order valence-electron chi connectivity index (χ2n) is 5.96. The van der Waals surface area contributed by atoms with Gasteiger partial charge in [0.2, 0.25) is 0 Å². The van der Waals surface area contributed by atoms with Crippen LogP contribution in [0.5, 0.6) is 11.5 Å². The molecule has 20 heavy (non-hydrogen) atoms. The van der Waals surface area contributed by atoms with Crippen molar-refractivity contribution in [2.45, 2.75) is 6.54 Å². The molecule has 0 bridgehead atoms. The maximum atomic E-state index is 5.68. The highest BCUT2D eigenvalue weighted by atomic mass is 79.9. The highest BCUT2D eigenvalue weighted by Crippen LogP contribution is 2.37. The zero-order valence-corrected chi connectivity index (χ0v) is 13.0. The number of ether oxygens (including phenoxy) is 2. The van der Waals surface area contributed by atoms with Gasteiger partial charge >= 0.3 is 0 Å². The molecule has 0 spiro atoms. The Labute approximate surface area is 127 Å². The molecule has 0 aliphatic carbocycles. The second-order valence-corrected chi connectivity index (χ2v) is 6.81. The third-order valence-electron chi connectivity index (χ3n) is 4.57. The highest BCUT2D eigenvalue weighted by Gasteiger charge is 2.36. The summed E-state index contributed by atoms with van der Waals surface area (Å²) < 4.78 is 12.4. The molecular weight excluding hydrogens is 320 g/mol. The maximum absolute atomic E-state index is 5.68. The minimum absolute atomic E-state index is 0.640. The van der Waals surface area contributed by atoms with Crippen molar-refractivity contribution in [2.75, 3.05) is 39.4 Å². The second kappa shape index (κ2) is 5.20. The van der Waals surface area contributed by atoms with Crippen LogP contribution >= 0.6 is 15.9 Å². The normalized spacial score (nSPS) is 28.6. The molecule has 4 nitrogen and oxygen atoms in total. The van der Waals surface area contributed by atoms with E-state index in [1.165, 1.54) is 31.7 Å². The first kappa shape index (κ1) is 12.9. The zero-order valence-electron chi connectivity index (χ0n) is 11.4. The number of benzene rings is 1. The van der Waals surface area contributed by atoms with E-state index in [0.29, 0.717) is 13.2 Å². The lowest BCUT2D eigenvalue weighted by molar-refractivity contribution is 0.171. The van der Waals surface area contributed by atoms with Crippen LogP contribution in [0.4, 0.5) is 0 Å². The topological polar surface area (TPSA) is 33.7 Å². The Morgan fingerprint density at radius 2 is 1.75 bits per heavy atom. The molecule has 2 atom stereocenters. The lowest BCUT2D eigenvalue weighted by atomic mass is 10.0. The van der Waals surface area contributed by atoms with Crippen molar-refractivity contribution in [1.82, 2.24) is 10.2 Å². The van der Waals surface area contributed by atoms with E-state index >= 15 is 0 Å². The van der Waals surface area contributed by atoms with Crippen molar-refractivity contribution in [2.24, 2.45) is 11.8 Å². The molecule has 1 aromatic carbocycles. The Morgan fingerprint density at radius 1 is 1.10 bits per heavy atom. The summed E-state index contributed by atoms with van der Waals surface area (Å²) in [5.41, 5.74) is 1.29. The molecule has 2 saturated heterocycles. The first-order valence-corrected chi connectivity index (χ1v) is 8.10. The van der Waals surface area contributed by atoms with Crippen LogP contribution in [0.2, 0.25) is 0 Å². The summed E-state index contributed by atoms with van der Waals surface area (Å²) in [5.74, 6) is 3.42. The molecule has 0 saturated carbocycles. The quantitative estimate of drug-likeness (QED) is 0.892. The summed E-state index contributed by atoms with van der Waals surface area (Å²) in [6.07, 6.45) is 0. The molecule has 1 N–H and O–H groups in total. The van der Waals surface area contributed by atoms with Crippen molar-refractivity contribution < 1.29 is 9.47 Å². The van der Waals surface area contributed by atoms with Gasteiger partial charge in [-0.05, 0) is 42.6 Å². The largest absolute Gasteiger partial charge is 0.486 e. The van der Waals surface area contributed by atoms with Gasteiger partial charge in [0.05, 0.1) is 0 Å². The molecule has 4 rings (SSSR count). The molecule has 0 unspecified atom stereocenters. The molecule has 0 amide bonds. The summed E-state index contributed by atoms with van der Waals surface area (Å²) in [4.78, 5) is 2.56. The van der Waals surface area contributed by atoms with Crippen molar-refractivity contribution in [1.29, 1.82) is 0 Å². The molecule has 3 heterocycles. The molecule has 108 valence electrons. The molecule has 3 aliphatic heterocycles. The summed E-state index contributed by atoms with van der Waals surface area (Å²) in [6, 6.07) is 4.17. The lowest BCUT2D eigenvalue weighted by Crippen LogP contribution is -2.25. The van der Waals surface area contributed by atoms with E-state index in [2.05, 4.69) is 32.2 Å². The predicted octanol–water partition coefficient (Wildman–Crippen LogP) is 1.87. The van der Waals surface area contributed by atoms with Gasteiger partial charge in [0, 0.05) is 24.1 Å². The van der Waals surface area contributed by atoms with Gasteiger partial charge in [-0.1, -0.05) is 15.9 Å². The van der Waals surface area contributed by atoms with Crippen LogP contribution in [0, 0.1) is 11.8 Å². The Bertz CT molecular complexity index is 511. The van der Waals surface area contributed by atoms with Crippen LogP contribution < -0.4 is 14.8 Å². The number of hydrogen-bond acceptors (Lipinski definition) is 4. The van der Waals surface area contributed by atoms with Crippen molar-refractivity contribution in [3.8, 4) is 11.5 Å². The van der Waals surface area contributed by atoms with Crippen LogP contribution in [0.1, 0.15) is 5.56 Å². The van der Waals surface area contributed by atoms with Gasteiger partial charge in [0.1, 0.15) is 13.2 Å². The summed E-state index contributed by atoms with van der Waals surface area (Å²) in [5, 5.41) is 3.49. The van der Waals surface area contributed by atoms with Crippen LogP contribution in [0.3, 0.4) is 0 Å². The van der Waals surface area contributed by atoms with E-state index in [9.17, 15) is 0 Å². The SMILES string of the molecule is Brc1cc2c(cc1CN1C[C@H]3CNC[C@H]3C1)OCCO2. The Morgan fingerprint density at radius 3 is 2.45 bits per heavy atom. The number of nitrogens with zero attached hydrogens (tertiary/aromatic N) is 1. The molecule has 1 aromatic rings. The third-order valence-corrected chi connectivity index (χ3v) is 5.31. The van der Waals surface area contributed by atoms with Crippen LogP contribution in [0.15, 0.2) is 16.6 Å². The van der Waals surface area contributed by atoms with Gasteiger partial charge in [-0.2, -0.15) is 0 Å². The Balaban J connectivity index is 1.51. The summed E-state index contributed by atoms with van der Waals surface area (Å²) in [6.45, 7) is 7.06. The van der Waals surface area contributed by atoms with Gasteiger partial charge in [0.25, 0.3) is 0 Å². The van der Waals surface area contributed by atoms with Crippen LogP contribution in [-0.4, -0.2) is 44.3 Å². The summed E-state index contributed by atoms with van der Waals surface area (Å²) >= 11 is 3.67. The molecule has 0 aromatic heterocycles. The number of likely N-dealkylation sites (tertiary alicyclic amines) is 1. The standard InChI is InChI=1S/C15H19BrN2O2/c16-13-4-15-14(19-1-2-20-15)3-10(13)7-18-8-11-5-17-6-12(11)9-18/h3-4,11-12,17H,1-2,5-9H2/t11-,12+. The fourth-order valence-electron chi connectivity index (χ4n) is 3.55. The fraction of sp³-hybridized carbons (Fsp3) is 0.600. The highest BCUT2D eigenvalue weighted by molar-refractivity contribution is 9.10. The fourth-order valence-corrected chi connectivity index (χ4v) is 4.00. The monoisotopic (exact) mass is 338 g/mol.